The quantitative estimate of drug-likeness (QED) is 0.770. The normalized spacial score (nSPS) is 25.9. The molecule has 0 radical (unpaired) electrons. The summed E-state index contributed by atoms with van der Waals surface area (Å²) >= 11 is 0. The molecule has 19 heavy (non-hydrogen) atoms. The van der Waals surface area contributed by atoms with E-state index in [0.29, 0.717) is 0 Å². The number of ether oxygens (including phenoxy) is 1. The standard InChI is InChI=1S/C15H22N2O2/c1-11-13(10-17(2)16-11)14(18)12-5-8-19-15(9-12)6-3-4-7-15/h10,12H,3-9H2,1-2H3. The van der Waals surface area contributed by atoms with Gasteiger partial charge in [-0.2, -0.15) is 5.10 Å². The van der Waals surface area contributed by atoms with Crippen molar-refractivity contribution >= 4 is 5.78 Å². The minimum absolute atomic E-state index is 0.00862. The van der Waals surface area contributed by atoms with Crippen LogP contribution >= 0.6 is 0 Å². The number of carbonyl (C=O) groups excluding carboxylic acids is 1. The molecule has 0 bridgehead atoms. The van der Waals surface area contributed by atoms with E-state index in [4.69, 9.17) is 4.74 Å². The molecule has 1 saturated heterocycles. The van der Waals surface area contributed by atoms with Gasteiger partial charge in [-0.3, -0.25) is 9.48 Å². The molecule has 1 atom stereocenters. The van der Waals surface area contributed by atoms with Gasteiger partial charge >= 0.3 is 0 Å². The molecule has 2 heterocycles. The van der Waals surface area contributed by atoms with Gasteiger partial charge in [0, 0.05) is 25.8 Å². The molecule has 1 aromatic rings. The SMILES string of the molecule is Cc1nn(C)cc1C(=O)C1CCOC2(CCCC2)C1. The fraction of sp³-hybridized carbons (Fsp3) is 0.733. The maximum Gasteiger partial charge on any atom is 0.169 e. The number of nitrogens with zero attached hydrogens (tertiary/aromatic N) is 2. The van der Waals surface area contributed by atoms with Gasteiger partial charge in [0.05, 0.1) is 16.9 Å². The van der Waals surface area contributed by atoms with Gasteiger partial charge in [-0.15, -0.1) is 0 Å². The first-order valence-electron chi connectivity index (χ1n) is 7.28. The largest absolute Gasteiger partial charge is 0.375 e. The van der Waals surface area contributed by atoms with Crippen LogP contribution in [-0.2, 0) is 11.8 Å². The zero-order chi connectivity index (χ0) is 13.5. The fourth-order valence-corrected chi connectivity index (χ4v) is 3.68. The van der Waals surface area contributed by atoms with Crippen LogP contribution in [-0.4, -0.2) is 27.8 Å². The molecule has 4 heteroatoms. The number of aryl methyl sites for hydroxylation is 2. The highest BCUT2D eigenvalue weighted by molar-refractivity contribution is 5.98. The molecule has 0 N–H and O–H groups in total. The Morgan fingerprint density at radius 1 is 1.47 bits per heavy atom. The highest BCUT2D eigenvalue weighted by Crippen LogP contribution is 2.42. The first-order chi connectivity index (χ1) is 9.10. The van der Waals surface area contributed by atoms with E-state index in [1.807, 2.05) is 20.2 Å². The monoisotopic (exact) mass is 262 g/mol. The van der Waals surface area contributed by atoms with Crippen LogP contribution in [0, 0.1) is 12.8 Å². The van der Waals surface area contributed by atoms with Crippen LogP contribution in [0.4, 0.5) is 0 Å². The zero-order valence-corrected chi connectivity index (χ0v) is 11.8. The molecule has 4 nitrogen and oxygen atoms in total. The average molecular weight is 262 g/mol. The van der Waals surface area contributed by atoms with Gasteiger partial charge in [-0.1, -0.05) is 12.8 Å². The van der Waals surface area contributed by atoms with E-state index < -0.39 is 0 Å². The predicted octanol–water partition coefficient (Wildman–Crippen LogP) is 2.65. The third kappa shape index (κ3) is 2.34. The number of rotatable bonds is 2. The summed E-state index contributed by atoms with van der Waals surface area (Å²) in [6, 6.07) is 0. The van der Waals surface area contributed by atoms with E-state index in [9.17, 15) is 4.79 Å². The summed E-state index contributed by atoms with van der Waals surface area (Å²) in [5, 5.41) is 4.28. The molecular weight excluding hydrogens is 240 g/mol. The number of carbonyl (C=O) groups is 1. The van der Waals surface area contributed by atoms with E-state index >= 15 is 0 Å². The molecular formula is C15H22N2O2. The summed E-state index contributed by atoms with van der Waals surface area (Å²) in [6.07, 6.45) is 8.36. The number of hydrogen-bond donors (Lipinski definition) is 0. The highest BCUT2D eigenvalue weighted by Gasteiger charge is 2.42. The van der Waals surface area contributed by atoms with Crippen LogP contribution in [0.25, 0.3) is 0 Å². The molecule has 1 aromatic heterocycles. The molecule has 2 aliphatic rings. The second-order valence-electron chi connectivity index (χ2n) is 6.09. The summed E-state index contributed by atoms with van der Waals surface area (Å²) in [5.74, 6) is 0.384. The van der Waals surface area contributed by atoms with Crippen molar-refractivity contribution in [3.8, 4) is 0 Å². The predicted molar refractivity (Wildman–Crippen MR) is 72.2 cm³/mol. The number of aromatic nitrogens is 2. The Hall–Kier alpha value is -1.16. The van der Waals surface area contributed by atoms with Crippen LogP contribution in [0.1, 0.15) is 54.6 Å². The van der Waals surface area contributed by atoms with Crippen LogP contribution < -0.4 is 0 Å². The lowest BCUT2D eigenvalue weighted by molar-refractivity contribution is -0.0866. The summed E-state index contributed by atoms with van der Waals surface area (Å²) in [6.45, 7) is 2.65. The molecule has 0 aromatic carbocycles. The van der Waals surface area contributed by atoms with Crippen molar-refractivity contribution in [1.82, 2.24) is 9.78 Å². The van der Waals surface area contributed by atoms with Crippen LogP contribution in [0.15, 0.2) is 6.20 Å². The summed E-state index contributed by atoms with van der Waals surface area (Å²) < 4.78 is 7.73. The molecule has 1 spiro atoms. The Balaban J connectivity index is 1.78. The summed E-state index contributed by atoms with van der Waals surface area (Å²) in [5.41, 5.74) is 1.65. The Kier molecular flexibility index (Phi) is 3.21. The van der Waals surface area contributed by atoms with Crippen molar-refractivity contribution < 1.29 is 9.53 Å². The molecule has 1 saturated carbocycles. The number of ketones is 1. The third-order valence-corrected chi connectivity index (χ3v) is 4.66. The first-order valence-corrected chi connectivity index (χ1v) is 7.28. The van der Waals surface area contributed by atoms with Crippen LogP contribution in [0.5, 0.6) is 0 Å². The van der Waals surface area contributed by atoms with Crippen molar-refractivity contribution in [3.63, 3.8) is 0 Å². The minimum atomic E-state index is 0.00862. The maximum atomic E-state index is 12.7. The van der Waals surface area contributed by atoms with E-state index in [2.05, 4.69) is 5.10 Å². The Morgan fingerprint density at radius 2 is 2.21 bits per heavy atom. The fourth-order valence-electron chi connectivity index (χ4n) is 3.68. The van der Waals surface area contributed by atoms with E-state index in [0.717, 1.165) is 43.5 Å². The van der Waals surface area contributed by atoms with Gasteiger partial charge in [0.1, 0.15) is 0 Å². The van der Waals surface area contributed by atoms with Crippen LogP contribution in [0.2, 0.25) is 0 Å². The molecule has 3 rings (SSSR count). The first kappa shape index (κ1) is 12.9. The second kappa shape index (κ2) is 4.75. The molecule has 104 valence electrons. The Labute approximate surface area is 114 Å². The van der Waals surface area contributed by atoms with Gasteiger partial charge in [0.25, 0.3) is 0 Å². The van der Waals surface area contributed by atoms with Crippen LogP contribution in [0.3, 0.4) is 0 Å². The van der Waals surface area contributed by atoms with Gasteiger partial charge in [-0.25, -0.2) is 0 Å². The average Bonchev–Trinajstić information content (AvgIpc) is 2.96. The lowest BCUT2D eigenvalue weighted by Crippen LogP contribution is -2.39. The molecule has 1 unspecified atom stereocenters. The van der Waals surface area contributed by atoms with Gasteiger partial charge in [0.15, 0.2) is 5.78 Å². The molecule has 1 aliphatic carbocycles. The summed E-state index contributed by atoms with van der Waals surface area (Å²) in [7, 11) is 1.87. The molecule has 2 fully saturated rings. The van der Waals surface area contributed by atoms with Crippen molar-refractivity contribution in [2.24, 2.45) is 13.0 Å². The third-order valence-electron chi connectivity index (χ3n) is 4.66. The topological polar surface area (TPSA) is 44.1 Å². The Bertz CT molecular complexity index is 486. The Morgan fingerprint density at radius 3 is 2.84 bits per heavy atom. The molecule has 1 aliphatic heterocycles. The number of hydrogen-bond acceptors (Lipinski definition) is 3. The minimum Gasteiger partial charge on any atom is -0.375 e. The van der Waals surface area contributed by atoms with Crippen molar-refractivity contribution in [2.75, 3.05) is 6.61 Å². The summed E-state index contributed by atoms with van der Waals surface area (Å²) in [4.78, 5) is 12.7. The van der Waals surface area contributed by atoms with Gasteiger partial charge in [0.2, 0.25) is 0 Å². The van der Waals surface area contributed by atoms with Crippen molar-refractivity contribution in [2.45, 2.75) is 51.0 Å². The van der Waals surface area contributed by atoms with Crippen molar-refractivity contribution in [1.29, 1.82) is 0 Å². The van der Waals surface area contributed by atoms with Crippen molar-refractivity contribution in [3.05, 3.63) is 17.5 Å². The van der Waals surface area contributed by atoms with E-state index in [1.165, 1.54) is 12.8 Å². The van der Waals surface area contributed by atoms with Gasteiger partial charge < -0.3 is 4.74 Å². The van der Waals surface area contributed by atoms with Gasteiger partial charge in [-0.05, 0) is 32.6 Å². The zero-order valence-electron chi connectivity index (χ0n) is 11.8. The highest BCUT2D eigenvalue weighted by atomic mass is 16.5. The number of Topliss-reactive ketones (excluding diaryl/α,β-unsaturated/α-hetero) is 1. The molecule has 0 amide bonds. The maximum absolute atomic E-state index is 12.7. The smallest absolute Gasteiger partial charge is 0.169 e. The lowest BCUT2D eigenvalue weighted by atomic mass is 9.81. The second-order valence-corrected chi connectivity index (χ2v) is 6.09. The van der Waals surface area contributed by atoms with E-state index in [-0.39, 0.29) is 17.3 Å². The lowest BCUT2D eigenvalue weighted by Gasteiger charge is -2.37. The van der Waals surface area contributed by atoms with E-state index in [1.54, 1.807) is 4.68 Å².